The zero-order chi connectivity index (χ0) is 28.8. The molecule has 0 unspecified atom stereocenters. The van der Waals surface area contributed by atoms with Gasteiger partial charge in [-0.05, 0) is 35.9 Å². The molecular weight excluding hydrogens is 502 g/mol. The van der Waals surface area contributed by atoms with Crippen molar-refractivity contribution in [3.63, 3.8) is 0 Å². The summed E-state index contributed by atoms with van der Waals surface area (Å²) in [7, 11) is 4.62. The average molecular weight is 528 g/mol. The molecule has 0 atom stereocenters. The van der Waals surface area contributed by atoms with Crippen molar-refractivity contribution in [2.75, 3.05) is 27.1 Å². The van der Waals surface area contributed by atoms with E-state index in [-0.39, 0.29) is 12.1 Å². The van der Waals surface area contributed by atoms with E-state index in [1.807, 2.05) is 30.3 Å². The van der Waals surface area contributed by atoms with Crippen molar-refractivity contribution in [2.45, 2.75) is 12.8 Å². The summed E-state index contributed by atoms with van der Waals surface area (Å²) >= 11 is 0. The van der Waals surface area contributed by atoms with Gasteiger partial charge in [-0.25, -0.2) is 0 Å². The van der Waals surface area contributed by atoms with Gasteiger partial charge in [0.1, 0.15) is 23.3 Å². The molecule has 1 aromatic heterocycles. The molecule has 3 N–H and O–H groups in total. The second-order valence-electron chi connectivity index (χ2n) is 7.58. The van der Waals surface area contributed by atoms with Gasteiger partial charge in [0.25, 0.3) is 5.69 Å². The lowest BCUT2D eigenvalue weighted by atomic mass is 10.1. The summed E-state index contributed by atoms with van der Waals surface area (Å²) in [5.74, 6) is 1.88. The smallest absolute Gasteiger partial charge is 0.277 e. The lowest BCUT2D eigenvalue weighted by Gasteiger charge is -2.03. The molecule has 0 fully saturated rings. The van der Waals surface area contributed by atoms with Gasteiger partial charge >= 0.3 is 0 Å². The first kappa shape index (κ1) is 29.4. The topological polar surface area (TPSA) is 197 Å². The first-order valence-electron chi connectivity index (χ1n) is 11.2. The van der Waals surface area contributed by atoms with Crippen LogP contribution in [0.5, 0.6) is 17.2 Å². The molecule has 3 aromatic carbocycles. The zero-order valence-electron chi connectivity index (χ0n) is 21.5. The van der Waals surface area contributed by atoms with Gasteiger partial charge in [0.2, 0.25) is 0 Å². The molecule has 0 aliphatic heterocycles. The van der Waals surface area contributed by atoms with Gasteiger partial charge in [0.15, 0.2) is 5.69 Å². The number of hydrogen-bond donors (Lipinski definition) is 2. The van der Waals surface area contributed by atoms with Crippen LogP contribution < -0.4 is 19.9 Å². The van der Waals surface area contributed by atoms with Crippen molar-refractivity contribution in [3.8, 4) is 35.5 Å². The van der Waals surface area contributed by atoms with E-state index in [2.05, 4.69) is 10.2 Å². The van der Waals surface area contributed by atoms with Crippen LogP contribution in [-0.4, -0.2) is 36.5 Å². The molecule has 0 spiro atoms. The number of nitrogens with two attached hydrogens (primary N) is 1. The van der Waals surface area contributed by atoms with Gasteiger partial charge in [0.05, 0.1) is 62.8 Å². The fourth-order valence-corrected chi connectivity index (χ4v) is 3.23. The molecule has 0 amide bonds. The third-order valence-corrected chi connectivity index (χ3v) is 5.26. The van der Waals surface area contributed by atoms with Gasteiger partial charge in [-0.15, -0.1) is 0 Å². The summed E-state index contributed by atoms with van der Waals surface area (Å²) in [4.78, 5) is 10.1. The van der Waals surface area contributed by atoms with Gasteiger partial charge in [0, 0.05) is 28.8 Å². The van der Waals surface area contributed by atoms with Gasteiger partial charge < -0.3 is 19.9 Å². The van der Waals surface area contributed by atoms with E-state index in [0.717, 1.165) is 22.2 Å². The number of nitrogens with one attached hydrogen (secondary N) is 1. The lowest BCUT2D eigenvalue weighted by Crippen LogP contribution is -1.95. The number of nitrogens with zero attached hydrogens (tertiary/aromatic N) is 5. The number of hydrogen-bond acceptors (Lipinski definition) is 10. The zero-order valence-corrected chi connectivity index (χ0v) is 21.5. The predicted octanol–water partition coefficient (Wildman–Crippen LogP) is 4.46. The van der Waals surface area contributed by atoms with Crippen LogP contribution in [0.25, 0.3) is 10.9 Å². The number of anilines is 1. The highest BCUT2D eigenvalue weighted by molar-refractivity contribution is 5.84. The number of ether oxygens (including phenoxy) is 3. The maximum Gasteiger partial charge on any atom is 0.277 e. The van der Waals surface area contributed by atoms with Crippen LogP contribution in [0.1, 0.15) is 16.8 Å². The average Bonchev–Trinajstić information content (AvgIpc) is 3.37. The third-order valence-electron chi connectivity index (χ3n) is 5.26. The van der Waals surface area contributed by atoms with E-state index in [0.29, 0.717) is 34.9 Å². The second kappa shape index (κ2) is 14.7. The number of nitriles is 3. The minimum absolute atomic E-state index is 0.0281. The molecule has 0 saturated carbocycles. The number of benzene rings is 3. The minimum atomic E-state index is -0.519. The predicted molar refractivity (Wildman–Crippen MR) is 143 cm³/mol. The highest BCUT2D eigenvalue weighted by atomic mass is 16.6. The van der Waals surface area contributed by atoms with Crippen LogP contribution in [-0.2, 0) is 12.8 Å². The van der Waals surface area contributed by atoms with Gasteiger partial charge in [-0.3, -0.25) is 15.2 Å². The molecule has 4 aromatic rings. The molecule has 0 aliphatic rings. The maximum atomic E-state index is 10.6. The fraction of sp³-hybridized carbons (Fsp3) is 0.185. The Hall–Kier alpha value is -5.80. The van der Waals surface area contributed by atoms with Gasteiger partial charge in [-0.1, -0.05) is 6.07 Å². The molecule has 12 nitrogen and oxygen atoms in total. The molecule has 1 heterocycles. The summed E-state index contributed by atoms with van der Waals surface area (Å²) in [6.45, 7) is 0. The van der Waals surface area contributed by atoms with Crippen molar-refractivity contribution in [1.82, 2.24) is 10.2 Å². The monoisotopic (exact) mass is 527 g/mol. The summed E-state index contributed by atoms with van der Waals surface area (Å²) in [6, 6.07) is 21.1. The minimum Gasteiger partial charge on any atom is -0.497 e. The first-order chi connectivity index (χ1) is 18.8. The molecule has 39 heavy (non-hydrogen) atoms. The normalized spacial score (nSPS) is 9.33. The number of aromatic nitrogens is 2. The van der Waals surface area contributed by atoms with E-state index in [1.165, 1.54) is 19.2 Å². The summed E-state index contributed by atoms with van der Waals surface area (Å²) in [6.07, 6.45) is 0.371. The number of rotatable bonds is 6. The highest BCUT2D eigenvalue weighted by Crippen LogP contribution is 2.25. The van der Waals surface area contributed by atoms with Crippen molar-refractivity contribution in [2.24, 2.45) is 0 Å². The Morgan fingerprint density at radius 2 is 1.41 bits per heavy atom. The van der Waals surface area contributed by atoms with Crippen LogP contribution in [0.2, 0.25) is 0 Å². The highest BCUT2D eigenvalue weighted by Gasteiger charge is 2.14. The van der Waals surface area contributed by atoms with E-state index >= 15 is 0 Å². The molecule has 4 rings (SSSR count). The molecule has 0 bridgehead atoms. The first-order valence-corrected chi connectivity index (χ1v) is 11.2. The number of nitro groups is 1. The molecule has 0 radical (unpaired) electrons. The van der Waals surface area contributed by atoms with Crippen molar-refractivity contribution in [3.05, 3.63) is 81.5 Å². The molecular formula is C27H25N7O5. The Morgan fingerprint density at radius 1 is 0.872 bits per heavy atom. The summed E-state index contributed by atoms with van der Waals surface area (Å²) in [5.41, 5.74) is 8.66. The molecule has 0 saturated heterocycles. The van der Waals surface area contributed by atoms with Crippen molar-refractivity contribution >= 4 is 22.3 Å². The summed E-state index contributed by atoms with van der Waals surface area (Å²) in [5, 5.41) is 43.6. The van der Waals surface area contributed by atoms with Crippen LogP contribution in [0.4, 0.5) is 11.4 Å². The Bertz CT molecular complexity index is 1560. The number of nitro benzene ring substituents is 1. The Kier molecular flexibility index (Phi) is 11.1. The standard InChI is InChI=1S/C9H7N3O.C9H8N2O3.C9H10N2O/c1-13-6-2-3-7-8(4-6)11-12-9(7)5-10;1-14-8-3-2-7(4-5-10)9(6-8)11(12)13;1-12-8-3-2-7(4-5-10)9(11)6-8/h2-4H,1H3,(H,11,12);2-3,6H,4H2,1H3;2-3,6H,4,11H2,1H3. The van der Waals surface area contributed by atoms with Crippen molar-refractivity contribution in [1.29, 1.82) is 15.8 Å². The second-order valence-corrected chi connectivity index (χ2v) is 7.58. The summed E-state index contributed by atoms with van der Waals surface area (Å²) < 4.78 is 14.9. The Morgan fingerprint density at radius 3 is 1.95 bits per heavy atom. The van der Waals surface area contributed by atoms with Crippen LogP contribution in [0, 0.1) is 44.1 Å². The van der Waals surface area contributed by atoms with E-state index in [1.54, 1.807) is 44.6 Å². The Labute approximate surface area is 224 Å². The Balaban J connectivity index is 0.000000206. The van der Waals surface area contributed by atoms with Gasteiger partial charge in [-0.2, -0.15) is 20.9 Å². The van der Waals surface area contributed by atoms with E-state index < -0.39 is 4.92 Å². The third kappa shape index (κ3) is 8.10. The molecule has 0 aliphatic carbocycles. The number of H-pyrrole nitrogens is 1. The lowest BCUT2D eigenvalue weighted by molar-refractivity contribution is -0.385. The van der Waals surface area contributed by atoms with Crippen molar-refractivity contribution < 1.29 is 19.1 Å². The molecule has 12 heteroatoms. The largest absolute Gasteiger partial charge is 0.497 e. The molecule has 198 valence electrons. The SMILES string of the molecule is COc1ccc(CC#N)c(N)c1.COc1ccc(CC#N)c([N+](=O)[O-])c1.COc1ccc2c(C#N)n[nH]c2c1. The van der Waals surface area contributed by atoms with E-state index in [4.69, 9.17) is 35.7 Å². The maximum absolute atomic E-state index is 10.6. The number of methoxy groups -OCH3 is 3. The number of fused-ring (bicyclic) bond motifs is 1. The quantitative estimate of drug-likeness (QED) is 0.205. The number of aromatic amines is 1. The number of nitrogen functional groups attached to an aromatic ring is 1. The van der Waals surface area contributed by atoms with E-state index in [9.17, 15) is 10.1 Å². The fourth-order valence-electron chi connectivity index (χ4n) is 3.23. The van der Waals surface area contributed by atoms with Crippen LogP contribution >= 0.6 is 0 Å². The van der Waals surface area contributed by atoms with Crippen LogP contribution in [0.3, 0.4) is 0 Å². The van der Waals surface area contributed by atoms with Crippen LogP contribution in [0.15, 0.2) is 54.6 Å².